The predicted molar refractivity (Wildman–Crippen MR) is 77.3 cm³/mol. The summed E-state index contributed by atoms with van der Waals surface area (Å²) < 4.78 is 20.2. The standard InChI is InChI=1S/C11H14FN5O3.C2H6/c1-2-4-6(18)7(19)10(20-4)17-3-14-5-8(13)15-11(12)16-9(5)17;1-2/h3-4,6-7,10,18-19H,2H2,1H3,(H2,13,15,16);1-2H3/t4-,6-,7+,10-;/m1./s1. The number of hydrogen-bond acceptors (Lipinski definition) is 7. The van der Waals surface area contributed by atoms with E-state index in [9.17, 15) is 14.6 Å². The number of rotatable bonds is 2. The molecule has 4 N–H and O–H groups in total. The molecule has 0 amide bonds. The van der Waals surface area contributed by atoms with E-state index in [1.54, 1.807) is 0 Å². The first-order chi connectivity index (χ1) is 10.5. The maximum atomic E-state index is 13.3. The van der Waals surface area contributed by atoms with Gasteiger partial charge in [0.2, 0.25) is 0 Å². The van der Waals surface area contributed by atoms with Gasteiger partial charge in [0, 0.05) is 0 Å². The van der Waals surface area contributed by atoms with E-state index in [-0.39, 0.29) is 17.0 Å². The lowest BCUT2D eigenvalue weighted by Crippen LogP contribution is -2.31. The molecule has 0 radical (unpaired) electrons. The Hall–Kier alpha value is -1.84. The smallest absolute Gasteiger partial charge is 0.312 e. The van der Waals surface area contributed by atoms with Crippen LogP contribution in [0, 0.1) is 6.08 Å². The first-order valence-electron chi connectivity index (χ1n) is 7.20. The number of aromatic nitrogens is 4. The van der Waals surface area contributed by atoms with Gasteiger partial charge < -0.3 is 20.7 Å². The summed E-state index contributed by atoms with van der Waals surface area (Å²) in [6.07, 6.45) is -2.70. The topological polar surface area (TPSA) is 119 Å². The van der Waals surface area contributed by atoms with Crippen molar-refractivity contribution in [2.75, 3.05) is 5.73 Å². The highest BCUT2D eigenvalue weighted by Gasteiger charge is 2.43. The number of imidazole rings is 1. The maximum absolute atomic E-state index is 13.3. The van der Waals surface area contributed by atoms with E-state index in [1.165, 1.54) is 10.9 Å². The van der Waals surface area contributed by atoms with Crippen LogP contribution < -0.4 is 5.73 Å². The minimum atomic E-state index is -1.16. The molecule has 3 rings (SSSR count). The minimum Gasteiger partial charge on any atom is -0.388 e. The fourth-order valence-corrected chi connectivity index (χ4v) is 2.39. The summed E-state index contributed by atoms with van der Waals surface area (Å²) in [7, 11) is 0. The van der Waals surface area contributed by atoms with Crippen LogP contribution in [0.2, 0.25) is 0 Å². The monoisotopic (exact) mass is 313 g/mol. The zero-order valence-electron chi connectivity index (χ0n) is 12.6. The van der Waals surface area contributed by atoms with Crippen molar-refractivity contribution in [3.05, 3.63) is 12.4 Å². The van der Waals surface area contributed by atoms with E-state index < -0.39 is 30.6 Å². The summed E-state index contributed by atoms with van der Waals surface area (Å²) in [6, 6.07) is 0. The largest absolute Gasteiger partial charge is 0.388 e. The number of fused-ring (bicyclic) bond motifs is 1. The number of hydrogen-bond donors (Lipinski definition) is 3. The number of ether oxygens (including phenoxy) is 1. The van der Waals surface area contributed by atoms with Crippen LogP contribution in [0.15, 0.2) is 6.33 Å². The molecule has 1 saturated heterocycles. The Balaban J connectivity index is 0.000000847. The zero-order chi connectivity index (χ0) is 16.4. The molecule has 0 spiro atoms. The molecule has 22 heavy (non-hydrogen) atoms. The molecule has 1 aliphatic rings. The minimum absolute atomic E-state index is 0.0914. The number of nitrogens with two attached hydrogens (primary N) is 1. The van der Waals surface area contributed by atoms with Crippen molar-refractivity contribution >= 4 is 17.0 Å². The summed E-state index contributed by atoms with van der Waals surface area (Å²) in [6.45, 7) is 5.83. The van der Waals surface area contributed by atoms with Gasteiger partial charge in [0.25, 0.3) is 0 Å². The summed E-state index contributed by atoms with van der Waals surface area (Å²) >= 11 is 0. The third-order valence-corrected chi connectivity index (χ3v) is 3.43. The van der Waals surface area contributed by atoms with Gasteiger partial charge in [0.15, 0.2) is 23.2 Å². The quantitative estimate of drug-likeness (QED) is 0.695. The van der Waals surface area contributed by atoms with Crippen molar-refractivity contribution in [2.45, 2.75) is 51.7 Å². The highest BCUT2D eigenvalue weighted by atomic mass is 19.1. The molecule has 122 valence electrons. The molecule has 3 heterocycles. The van der Waals surface area contributed by atoms with Crippen LogP contribution in [0.1, 0.15) is 33.4 Å². The van der Waals surface area contributed by atoms with Crippen molar-refractivity contribution in [2.24, 2.45) is 0 Å². The van der Waals surface area contributed by atoms with Crippen molar-refractivity contribution < 1.29 is 19.3 Å². The van der Waals surface area contributed by atoms with Crippen LogP contribution in [0.5, 0.6) is 0 Å². The van der Waals surface area contributed by atoms with Crippen molar-refractivity contribution in [1.29, 1.82) is 0 Å². The van der Waals surface area contributed by atoms with Crippen LogP contribution in [-0.2, 0) is 4.74 Å². The lowest BCUT2D eigenvalue weighted by atomic mass is 10.1. The van der Waals surface area contributed by atoms with Crippen LogP contribution in [0.25, 0.3) is 11.2 Å². The third kappa shape index (κ3) is 2.62. The average molecular weight is 313 g/mol. The van der Waals surface area contributed by atoms with Gasteiger partial charge >= 0.3 is 6.08 Å². The summed E-state index contributed by atoms with van der Waals surface area (Å²) in [5, 5.41) is 19.9. The second kappa shape index (κ2) is 6.51. The van der Waals surface area contributed by atoms with Crippen LogP contribution in [-0.4, -0.2) is 48.0 Å². The fraction of sp³-hybridized carbons (Fsp3) is 0.615. The Bertz CT molecular complexity index is 650. The van der Waals surface area contributed by atoms with Gasteiger partial charge in [-0.25, -0.2) is 4.98 Å². The number of nitrogen functional groups attached to an aromatic ring is 1. The molecule has 2 aromatic heterocycles. The second-order valence-corrected chi connectivity index (χ2v) is 4.66. The number of anilines is 1. The van der Waals surface area contributed by atoms with Gasteiger partial charge in [0.1, 0.15) is 12.2 Å². The second-order valence-electron chi connectivity index (χ2n) is 4.66. The normalized spacial score (nSPS) is 27.7. The highest BCUT2D eigenvalue weighted by molar-refractivity contribution is 5.81. The molecular formula is C13H20FN5O3. The van der Waals surface area contributed by atoms with E-state index in [4.69, 9.17) is 10.5 Å². The highest BCUT2D eigenvalue weighted by Crippen LogP contribution is 2.33. The molecule has 9 heteroatoms. The first kappa shape index (κ1) is 16.5. The lowest BCUT2D eigenvalue weighted by Gasteiger charge is -2.16. The van der Waals surface area contributed by atoms with E-state index >= 15 is 0 Å². The Labute approximate surface area is 126 Å². The Morgan fingerprint density at radius 3 is 2.59 bits per heavy atom. The Kier molecular flexibility index (Phi) is 4.89. The number of halogens is 1. The number of aliphatic hydroxyl groups excluding tert-OH is 2. The molecule has 1 fully saturated rings. The molecule has 2 aromatic rings. The molecule has 0 aliphatic carbocycles. The number of aliphatic hydroxyl groups is 2. The average Bonchev–Trinajstić information content (AvgIpc) is 3.04. The van der Waals surface area contributed by atoms with Crippen molar-refractivity contribution in [1.82, 2.24) is 19.5 Å². The molecule has 8 nitrogen and oxygen atoms in total. The first-order valence-corrected chi connectivity index (χ1v) is 7.20. The van der Waals surface area contributed by atoms with Gasteiger partial charge in [-0.15, -0.1) is 0 Å². The summed E-state index contributed by atoms with van der Waals surface area (Å²) in [5.74, 6) is -0.0914. The Morgan fingerprint density at radius 2 is 2.00 bits per heavy atom. The molecular weight excluding hydrogens is 293 g/mol. The van der Waals surface area contributed by atoms with E-state index in [1.807, 2.05) is 20.8 Å². The molecule has 1 aliphatic heterocycles. The fourth-order valence-electron chi connectivity index (χ4n) is 2.39. The maximum Gasteiger partial charge on any atom is 0.312 e. The zero-order valence-corrected chi connectivity index (χ0v) is 12.6. The van der Waals surface area contributed by atoms with Crippen LogP contribution >= 0.6 is 0 Å². The molecule has 0 unspecified atom stereocenters. The van der Waals surface area contributed by atoms with Gasteiger partial charge in [-0.3, -0.25) is 4.57 Å². The summed E-state index contributed by atoms with van der Waals surface area (Å²) in [5.41, 5.74) is 5.90. The van der Waals surface area contributed by atoms with Gasteiger partial charge in [-0.1, -0.05) is 20.8 Å². The van der Waals surface area contributed by atoms with Gasteiger partial charge in [-0.2, -0.15) is 14.4 Å². The van der Waals surface area contributed by atoms with Gasteiger partial charge in [0.05, 0.1) is 12.4 Å². The molecule has 4 atom stereocenters. The lowest BCUT2D eigenvalue weighted by molar-refractivity contribution is -0.0356. The molecule has 0 bridgehead atoms. The van der Waals surface area contributed by atoms with Crippen molar-refractivity contribution in [3.8, 4) is 0 Å². The molecule has 0 saturated carbocycles. The van der Waals surface area contributed by atoms with Crippen LogP contribution in [0.3, 0.4) is 0 Å². The van der Waals surface area contributed by atoms with E-state index in [2.05, 4.69) is 15.0 Å². The van der Waals surface area contributed by atoms with Crippen LogP contribution in [0.4, 0.5) is 10.2 Å². The van der Waals surface area contributed by atoms with E-state index in [0.717, 1.165) is 0 Å². The number of nitrogens with zero attached hydrogens (tertiary/aromatic N) is 4. The summed E-state index contributed by atoms with van der Waals surface area (Å²) in [4.78, 5) is 11.0. The Morgan fingerprint density at radius 1 is 1.32 bits per heavy atom. The SMILES string of the molecule is CC.CC[C@H]1O[C@@H](n2cnc3c(N)nc(F)nc32)[C@@H](O)[C@@H]1O. The third-order valence-electron chi connectivity index (χ3n) is 3.43. The predicted octanol–water partition coefficient (Wildman–Crippen LogP) is 0.603. The van der Waals surface area contributed by atoms with E-state index in [0.29, 0.717) is 6.42 Å². The molecule has 0 aromatic carbocycles. The van der Waals surface area contributed by atoms with Gasteiger partial charge in [-0.05, 0) is 6.42 Å². The van der Waals surface area contributed by atoms with Crippen molar-refractivity contribution in [3.63, 3.8) is 0 Å².